The highest BCUT2D eigenvalue weighted by Crippen LogP contribution is 2.40. The Bertz CT molecular complexity index is 1410. The maximum Gasteiger partial charge on any atom is 0.387 e. The second-order valence-corrected chi connectivity index (χ2v) is 10.9. The number of rotatable bonds is 14. The van der Waals surface area contributed by atoms with Crippen LogP contribution in [0, 0.1) is 11.3 Å². The first-order valence-corrected chi connectivity index (χ1v) is 13.9. The van der Waals surface area contributed by atoms with E-state index in [9.17, 15) is 18.4 Å². The van der Waals surface area contributed by atoms with Crippen LogP contribution in [-0.2, 0) is 9.53 Å². The number of benzene rings is 1. The number of halogens is 2. The van der Waals surface area contributed by atoms with Gasteiger partial charge in [-0.05, 0) is 57.2 Å². The predicted octanol–water partition coefficient (Wildman–Crippen LogP) is 5.25. The lowest BCUT2D eigenvalue weighted by Gasteiger charge is -2.45. The Balaban J connectivity index is 1.25. The third-order valence-electron chi connectivity index (χ3n) is 7.53. The molecule has 11 heteroatoms. The summed E-state index contributed by atoms with van der Waals surface area (Å²) < 4.78 is 49.7. The molecule has 2 fully saturated rings. The van der Waals surface area contributed by atoms with E-state index in [1.807, 2.05) is 13.8 Å². The Morgan fingerprint density at radius 3 is 2.61 bits per heavy atom. The van der Waals surface area contributed by atoms with Crippen molar-refractivity contribution in [1.29, 1.82) is 0 Å². The lowest BCUT2D eigenvalue weighted by atomic mass is 9.82. The first-order valence-electron chi connectivity index (χ1n) is 13.9. The van der Waals surface area contributed by atoms with Crippen molar-refractivity contribution >= 4 is 17.4 Å². The molecule has 220 valence electrons. The molecule has 0 bridgehead atoms. The van der Waals surface area contributed by atoms with Gasteiger partial charge in [0.15, 0.2) is 5.78 Å². The highest BCUT2D eigenvalue weighted by molar-refractivity contribution is 6.02. The number of hydrogen-bond donors (Lipinski definition) is 0. The summed E-state index contributed by atoms with van der Waals surface area (Å²) in [4.78, 5) is 31.6. The SMILES string of the molecule is CCOC(=O)C1(C)CN(CCCOc2ccn3c(-c4cc(OC)c(C(=O)CC5CC5)c(OC(F)F)c4)cnc3c2)C1. The largest absolute Gasteiger partial charge is 0.496 e. The van der Waals surface area contributed by atoms with Crippen molar-refractivity contribution in [3.8, 4) is 28.5 Å². The number of carbonyl (C=O) groups is 2. The zero-order valence-corrected chi connectivity index (χ0v) is 23.5. The highest BCUT2D eigenvalue weighted by atomic mass is 19.3. The fraction of sp³-hybridized carbons (Fsp3) is 0.500. The number of esters is 1. The Labute approximate surface area is 237 Å². The van der Waals surface area contributed by atoms with Crippen LogP contribution in [0.15, 0.2) is 36.7 Å². The van der Waals surface area contributed by atoms with E-state index >= 15 is 0 Å². The normalized spacial score (nSPS) is 16.4. The summed E-state index contributed by atoms with van der Waals surface area (Å²) in [7, 11) is 1.40. The molecule has 2 aromatic heterocycles. The quantitative estimate of drug-likeness (QED) is 0.147. The van der Waals surface area contributed by atoms with Crippen LogP contribution in [-0.4, -0.2) is 72.6 Å². The second-order valence-electron chi connectivity index (χ2n) is 10.9. The van der Waals surface area contributed by atoms with Gasteiger partial charge in [0.2, 0.25) is 0 Å². The summed E-state index contributed by atoms with van der Waals surface area (Å²) in [5.41, 5.74) is 1.35. The number of ketones is 1. The molecule has 1 saturated carbocycles. The van der Waals surface area contributed by atoms with Gasteiger partial charge in [0.1, 0.15) is 28.5 Å². The van der Waals surface area contributed by atoms with Gasteiger partial charge < -0.3 is 23.8 Å². The number of fused-ring (bicyclic) bond motifs is 1. The highest BCUT2D eigenvalue weighted by Gasteiger charge is 2.45. The van der Waals surface area contributed by atoms with Crippen LogP contribution in [0.4, 0.5) is 8.78 Å². The average molecular weight is 572 g/mol. The van der Waals surface area contributed by atoms with Gasteiger partial charge in [-0.2, -0.15) is 8.78 Å². The number of likely N-dealkylation sites (tertiary alicyclic amines) is 1. The number of aromatic nitrogens is 2. The second kappa shape index (κ2) is 12.0. The van der Waals surface area contributed by atoms with Gasteiger partial charge in [-0.25, -0.2) is 4.98 Å². The molecule has 0 amide bonds. The first kappa shape index (κ1) is 28.8. The minimum Gasteiger partial charge on any atom is -0.496 e. The van der Waals surface area contributed by atoms with E-state index in [0.717, 1.165) is 25.8 Å². The van der Waals surface area contributed by atoms with Crippen molar-refractivity contribution in [2.45, 2.75) is 46.1 Å². The zero-order valence-electron chi connectivity index (χ0n) is 23.5. The summed E-state index contributed by atoms with van der Waals surface area (Å²) in [6.07, 6.45) is 6.40. The van der Waals surface area contributed by atoms with Gasteiger partial charge in [0, 0.05) is 43.9 Å². The molecule has 1 aromatic carbocycles. The molecule has 0 radical (unpaired) electrons. The van der Waals surface area contributed by atoms with E-state index < -0.39 is 12.0 Å². The molecule has 5 rings (SSSR count). The predicted molar refractivity (Wildman–Crippen MR) is 147 cm³/mol. The van der Waals surface area contributed by atoms with Crippen LogP contribution in [0.25, 0.3) is 16.9 Å². The molecule has 3 heterocycles. The molecule has 1 aliphatic heterocycles. The third-order valence-corrected chi connectivity index (χ3v) is 7.53. The number of imidazole rings is 1. The summed E-state index contributed by atoms with van der Waals surface area (Å²) in [6, 6.07) is 6.69. The summed E-state index contributed by atoms with van der Waals surface area (Å²) >= 11 is 0. The molecule has 2 aliphatic rings. The van der Waals surface area contributed by atoms with Crippen LogP contribution in [0.1, 0.15) is 49.9 Å². The van der Waals surface area contributed by atoms with E-state index in [-0.39, 0.29) is 41.2 Å². The number of methoxy groups -OCH3 is 1. The molecule has 1 aliphatic carbocycles. The zero-order chi connectivity index (χ0) is 29.1. The summed E-state index contributed by atoms with van der Waals surface area (Å²) in [6.45, 7) is 3.71. The van der Waals surface area contributed by atoms with Crippen molar-refractivity contribution < 1.29 is 37.3 Å². The van der Waals surface area contributed by atoms with Crippen molar-refractivity contribution in [2.24, 2.45) is 11.3 Å². The van der Waals surface area contributed by atoms with E-state index in [4.69, 9.17) is 18.9 Å². The number of Topliss-reactive ketones (excluding diaryl/α,β-unsaturated/α-hetero) is 1. The fourth-order valence-electron chi connectivity index (χ4n) is 5.33. The first-order chi connectivity index (χ1) is 19.7. The number of carbonyl (C=O) groups excluding carboxylic acids is 2. The van der Waals surface area contributed by atoms with Crippen LogP contribution < -0.4 is 14.2 Å². The van der Waals surface area contributed by atoms with Crippen LogP contribution in [0.3, 0.4) is 0 Å². The summed E-state index contributed by atoms with van der Waals surface area (Å²) in [5.74, 6) is 0.491. The van der Waals surface area contributed by atoms with E-state index in [1.165, 1.54) is 13.2 Å². The number of hydrogen-bond acceptors (Lipinski definition) is 8. The molecule has 0 atom stereocenters. The molecule has 3 aromatic rings. The maximum absolute atomic E-state index is 13.3. The lowest BCUT2D eigenvalue weighted by Crippen LogP contribution is -2.59. The van der Waals surface area contributed by atoms with Crippen LogP contribution >= 0.6 is 0 Å². The molecule has 0 unspecified atom stereocenters. The van der Waals surface area contributed by atoms with Gasteiger partial charge in [0.05, 0.1) is 37.6 Å². The lowest BCUT2D eigenvalue weighted by molar-refractivity contribution is -0.165. The average Bonchev–Trinajstić information content (AvgIpc) is 3.63. The Morgan fingerprint density at radius 2 is 1.93 bits per heavy atom. The van der Waals surface area contributed by atoms with Crippen molar-refractivity contribution in [3.05, 3.63) is 42.2 Å². The Kier molecular flexibility index (Phi) is 8.44. The number of alkyl halides is 2. The molecular formula is C30H35F2N3O6. The summed E-state index contributed by atoms with van der Waals surface area (Å²) in [5, 5.41) is 0. The van der Waals surface area contributed by atoms with E-state index in [2.05, 4.69) is 9.88 Å². The monoisotopic (exact) mass is 571 g/mol. The van der Waals surface area contributed by atoms with Crippen LogP contribution in [0.2, 0.25) is 0 Å². The third kappa shape index (κ3) is 6.45. The smallest absolute Gasteiger partial charge is 0.387 e. The standard InChI is InChI=1S/C30H35F2N3O6/c1-4-39-28(37)30(2)17-34(18-30)9-5-11-40-21-8-10-35-22(16-33-26(35)15-21)20-13-24(38-3)27(23(36)12-19-6-7-19)25(14-20)41-29(31)32/h8,10,13-16,19,29H,4-7,9,11-12,17-18H2,1-3H3. The molecule has 9 nitrogen and oxygen atoms in total. The molecular weight excluding hydrogens is 536 g/mol. The van der Waals surface area contributed by atoms with Gasteiger partial charge in [-0.1, -0.05) is 0 Å². The molecule has 1 saturated heterocycles. The number of pyridine rings is 1. The number of ether oxygens (including phenoxy) is 4. The topological polar surface area (TPSA) is 91.6 Å². The number of nitrogens with zero attached hydrogens (tertiary/aromatic N) is 3. The van der Waals surface area contributed by atoms with Crippen LogP contribution in [0.5, 0.6) is 17.2 Å². The van der Waals surface area contributed by atoms with E-state index in [0.29, 0.717) is 49.0 Å². The Morgan fingerprint density at radius 1 is 1.17 bits per heavy atom. The molecule has 0 N–H and O–H groups in total. The van der Waals surface area contributed by atoms with Gasteiger partial charge in [0.25, 0.3) is 0 Å². The van der Waals surface area contributed by atoms with Gasteiger partial charge >= 0.3 is 12.6 Å². The van der Waals surface area contributed by atoms with Gasteiger partial charge in [-0.15, -0.1) is 0 Å². The van der Waals surface area contributed by atoms with Gasteiger partial charge in [-0.3, -0.25) is 14.0 Å². The molecule has 41 heavy (non-hydrogen) atoms. The molecule has 0 spiro atoms. The van der Waals surface area contributed by atoms with Crippen molar-refractivity contribution in [2.75, 3.05) is 40.0 Å². The minimum absolute atomic E-state index is 0.0386. The van der Waals surface area contributed by atoms with Crippen molar-refractivity contribution in [1.82, 2.24) is 14.3 Å². The Hall–Kier alpha value is -3.73. The van der Waals surface area contributed by atoms with E-state index in [1.54, 1.807) is 35.0 Å². The van der Waals surface area contributed by atoms with Crippen molar-refractivity contribution in [3.63, 3.8) is 0 Å². The maximum atomic E-state index is 13.3. The fourth-order valence-corrected chi connectivity index (χ4v) is 5.33. The minimum atomic E-state index is -3.09.